The number of carbonyl (C=O) groups is 1. The van der Waals surface area contributed by atoms with Gasteiger partial charge in [-0.3, -0.25) is 0 Å². The molecule has 0 unspecified atom stereocenters. The number of aryl methyl sites for hydroxylation is 1. The van der Waals surface area contributed by atoms with Crippen molar-refractivity contribution in [2.24, 2.45) is 0 Å². The van der Waals surface area contributed by atoms with Crippen LogP contribution in [0.5, 0.6) is 0 Å². The number of hydrogen-bond acceptors (Lipinski definition) is 4. The lowest BCUT2D eigenvalue weighted by Crippen LogP contribution is -2.31. The molecule has 0 saturated carbocycles. The van der Waals surface area contributed by atoms with E-state index < -0.39 is 15.8 Å². The van der Waals surface area contributed by atoms with Gasteiger partial charge in [0.1, 0.15) is 0 Å². The standard InChI is InChI=1S/C15H21NO4S/c1-3-11-9-13(16-7-5-4-6-8-16)14(21(2,19)20)10-12(11)15(17)18/h9-10H,3-8H2,1-2H3,(H,17,18). The quantitative estimate of drug-likeness (QED) is 0.924. The van der Waals surface area contributed by atoms with Crippen LogP contribution in [0.1, 0.15) is 42.1 Å². The minimum absolute atomic E-state index is 0.0821. The van der Waals surface area contributed by atoms with Crippen LogP contribution in [0.15, 0.2) is 17.0 Å². The number of sulfone groups is 1. The molecule has 5 nitrogen and oxygen atoms in total. The summed E-state index contributed by atoms with van der Waals surface area (Å²) in [5.41, 5.74) is 1.41. The van der Waals surface area contributed by atoms with E-state index in [-0.39, 0.29) is 10.5 Å². The molecule has 0 atom stereocenters. The van der Waals surface area contributed by atoms with E-state index in [0.717, 1.165) is 38.6 Å². The molecule has 0 bridgehead atoms. The fourth-order valence-corrected chi connectivity index (χ4v) is 3.68. The first kappa shape index (κ1) is 15.8. The van der Waals surface area contributed by atoms with Crippen molar-refractivity contribution in [2.45, 2.75) is 37.5 Å². The molecule has 1 fully saturated rings. The van der Waals surface area contributed by atoms with Gasteiger partial charge >= 0.3 is 5.97 Å². The third-order valence-electron chi connectivity index (χ3n) is 3.89. The van der Waals surface area contributed by atoms with E-state index in [4.69, 9.17) is 0 Å². The summed E-state index contributed by atoms with van der Waals surface area (Å²) in [6.07, 6.45) is 4.91. The fraction of sp³-hybridized carbons (Fsp3) is 0.533. The van der Waals surface area contributed by atoms with Gasteiger partial charge in [0.25, 0.3) is 0 Å². The van der Waals surface area contributed by atoms with Crippen LogP contribution >= 0.6 is 0 Å². The maximum atomic E-state index is 12.1. The Morgan fingerprint density at radius 1 is 1.24 bits per heavy atom. The highest BCUT2D eigenvalue weighted by atomic mass is 32.2. The molecule has 0 amide bonds. The smallest absolute Gasteiger partial charge is 0.336 e. The van der Waals surface area contributed by atoms with Crippen LogP contribution < -0.4 is 4.90 Å². The van der Waals surface area contributed by atoms with Crippen molar-refractivity contribution in [3.8, 4) is 0 Å². The largest absolute Gasteiger partial charge is 0.478 e. The average molecular weight is 311 g/mol. The molecule has 1 heterocycles. The summed E-state index contributed by atoms with van der Waals surface area (Å²) in [5.74, 6) is -1.08. The zero-order valence-electron chi connectivity index (χ0n) is 12.4. The van der Waals surface area contributed by atoms with Gasteiger partial charge in [0.15, 0.2) is 9.84 Å². The molecule has 1 aliphatic heterocycles. The van der Waals surface area contributed by atoms with Gasteiger partial charge in [-0.25, -0.2) is 13.2 Å². The van der Waals surface area contributed by atoms with Crippen LogP contribution in [0, 0.1) is 0 Å². The van der Waals surface area contributed by atoms with E-state index in [2.05, 4.69) is 4.90 Å². The van der Waals surface area contributed by atoms with E-state index in [9.17, 15) is 18.3 Å². The van der Waals surface area contributed by atoms with E-state index in [1.807, 2.05) is 6.92 Å². The van der Waals surface area contributed by atoms with Gasteiger partial charge in [0.05, 0.1) is 16.1 Å². The van der Waals surface area contributed by atoms with Gasteiger partial charge in [-0.2, -0.15) is 0 Å². The van der Waals surface area contributed by atoms with E-state index in [0.29, 0.717) is 17.7 Å². The van der Waals surface area contributed by atoms with Gasteiger partial charge in [-0.1, -0.05) is 6.92 Å². The van der Waals surface area contributed by atoms with Crippen LogP contribution in [0.4, 0.5) is 5.69 Å². The summed E-state index contributed by atoms with van der Waals surface area (Å²) >= 11 is 0. The molecule has 6 heteroatoms. The Hall–Kier alpha value is -1.56. The summed E-state index contributed by atoms with van der Waals surface area (Å²) < 4.78 is 24.1. The Morgan fingerprint density at radius 3 is 2.33 bits per heavy atom. The monoisotopic (exact) mass is 311 g/mol. The van der Waals surface area contributed by atoms with Crippen molar-refractivity contribution >= 4 is 21.5 Å². The van der Waals surface area contributed by atoms with Crippen LogP contribution in [0.3, 0.4) is 0 Å². The lowest BCUT2D eigenvalue weighted by Gasteiger charge is -2.31. The maximum Gasteiger partial charge on any atom is 0.336 e. The average Bonchev–Trinajstić information content (AvgIpc) is 2.45. The molecular weight excluding hydrogens is 290 g/mol. The van der Waals surface area contributed by atoms with E-state index >= 15 is 0 Å². The lowest BCUT2D eigenvalue weighted by molar-refractivity contribution is 0.0695. The Balaban J connectivity index is 2.63. The predicted molar refractivity (Wildman–Crippen MR) is 82.0 cm³/mol. The number of benzene rings is 1. The Morgan fingerprint density at radius 2 is 1.86 bits per heavy atom. The molecule has 0 spiro atoms. The zero-order valence-corrected chi connectivity index (χ0v) is 13.2. The van der Waals surface area contributed by atoms with Gasteiger partial charge in [0, 0.05) is 19.3 Å². The molecule has 2 rings (SSSR count). The van der Waals surface area contributed by atoms with Crippen LogP contribution in [0.2, 0.25) is 0 Å². The number of rotatable bonds is 4. The molecule has 116 valence electrons. The molecule has 1 aromatic carbocycles. The lowest BCUT2D eigenvalue weighted by atomic mass is 10.0. The minimum atomic E-state index is -3.47. The highest BCUT2D eigenvalue weighted by Gasteiger charge is 2.24. The first-order valence-electron chi connectivity index (χ1n) is 7.19. The second-order valence-corrected chi connectivity index (χ2v) is 7.44. The van der Waals surface area contributed by atoms with Crippen LogP contribution in [0.25, 0.3) is 0 Å². The van der Waals surface area contributed by atoms with Crippen molar-refractivity contribution in [3.63, 3.8) is 0 Å². The van der Waals surface area contributed by atoms with Crippen molar-refractivity contribution in [2.75, 3.05) is 24.2 Å². The maximum absolute atomic E-state index is 12.1. The summed E-state index contributed by atoms with van der Waals surface area (Å²) in [4.78, 5) is 13.5. The zero-order chi connectivity index (χ0) is 15.6. The number of aromatic carboxylic acids is 1. The summed E-state index contributed by atoms with van der Waals surface area (Å²) in [5, 5.41) is 9.28. The third kappa shape index (κ3) is 3.37. The van der Waals surface area contributed by atoms with Crippen molar-refractivity contribution < 1.29 is 18.3 Å². The molecule has 1 aliphatic rings. The van der Waals surface area contributed by atoms with E-state index in [1.165, 1.54) is 6.07 Å². The highest BCUT2D eigenvalue weighted by molar-refractivity contribution is 7.90. The third-order valence-corrected chi connectivity index (χ3v) is 5.02. The number of carboxylic acid groups (broad SMARTS) is 1. The highest BCUT2D eigenvalue weighted by Crippen LogP contribution is 2.31. The number of piperidine rings is 1. The normalized spacial score (nSPS) is 16.0. The molecule has 0 aliphatic carbocycles. The Bertz CT molecular complexity index is 646. The van der Waals surface area contributed by atoms with Gasteiger partial charge in [0.2, 0.25) is 0 Å². The number of carboxylic acids is 1. The SMILES string of the molecule is CCc1cc(N2CCCCC2)c(S(C)(=O)=O)cc1C(=O)O. The number of hydrogen-bond donors (Lipinski definition) is 1. The van der Waals surface area contributed by atoms with E-state index in [1.54, 1.807) is 6.07 Å². The first-order valence-corrected chi connectivity index (χ1v) is 9.09. The summed E-state index contributed by atoms with van der Waals surface area (Å²) in [7, 11) is -3.47. The Labute approximate surface area is 125 Å². The van der Waals surface area contributed by atoms with Crippen LogP contribution in [-0.2, 0) is 16.3 Å². The van der Waals surface area contributed by atoms with Crippen molar-refractivity contribution in [1.29, 1.82) is 0 Å². The molecule has 0 aromatic heterocycles. The van der Waals surface area contributed by atoms with Crippen molar-refractivity contribution in [1.82, 2.24) is 0 Å². The number of nitrogens with zero attached hydrogens (tertiary/aromatic N) is 1. The molecule has 21 heavy (non-hydrogen) atoms. The van der Waals surface area contributed by atoms with Gasteiger partial charge in [-0.05, 0) is 43.4 Å². The number of anilines is 1. The van der Waals surface area contributed by atoms with Gasteiger partial charge in [-0.15, -0.1) is 0 Å². The molecule has 1 N–H and O–H groups in total. The second kappa shape index (κ2) is 6.05. The first-order chi connectivity index (χ1) is 9.84. The molecule has 1 saturated heterocycles. The van der Waals surface area contributed by atoms with Crippen LogP contribution in [-0.4, -0.2) is 38.8 Å². The predicted octanol–water partition coefficient (Wildman–Crippen LogP) is 2.34. The molecular formula is C15H21NO4S. The Kier molecular flexibility index (Phi) is 4.56. The summed E-state index contributed by atoms with van der Waals surface area (Å²) in [6, 6.07) is 3.06. The summed E-state index contributed by atoms with van der Waals surface area (Å²) in [6.45, 7) is 3.51. The van der Waals surface area contributed by atoms with Crippen molar-refractivity contribution in [3.05, 3.63) is 23.3 Å². The minimum Gasteiger partial charge on any atom is -0.478 e. The molecule has 0 radical (unpaired) electrons. The van der Waals surface area contributed by atoms with Gasteiger partial charge < -0.3 is 10.0 Å². The second-order valence-electron chi connectivity index (χ2n) is 5.46. The molecule has 1 aromatic rings. The fourth-order valence-electron chi connectivity index (χ4n) is 2.78. The topological polar surface area (TPSA) is 74.7 Å².